The number of aryl methyl sites for hydroxylation is 2. The van der Waals surface area contributed by atoms with E-state index in [2.05, 4.69) is 19.1 Å². The number of rotatable bonds is 8. The van der Waals surface area contributed by atoms with Crippen molar-refractivity contribution in [2.45, 2.75) is 77.0 Å². The first kappa shape index (κ1) is 23.3. The van der Waals surface area contributed by atoms with Crippen LogP contribution in [0, 0.1) is 13.8 Å². The Hall–Kier alpha value is -0.720. The smallest absolute Gasteiger partial charge is 0.155 e. The molecule has 0 atom stereocenters. The highest BCUT2D eigenvalue weighted by Gasteiger charge is 2.27. The van der Waals surface area contributed by atoms with Crippen LogP contribution < -0.4 is 0 Å². The minimum absolute atomic E-state index is 0.195. The lowest BCUT2D eigenvalue weighted by atomic mass is 10.1. The molecule has 4 nitrogen and oxygen atoms in total. The van der Waals surface area contributed by atoms with Crippen molar-refractivity contribution in [3.63, 3.8) is 0 Å². The lowest BCUT2D eigenvalue weighted by molar-refractivity contribution is 0.459. The highest BCUT2D eigenvalue weighted by molar-refractivity contribution is 7.97. The Morgan fingerprint density at radius 1 is 1.00 bits per heavy atom. The summed E-state index contributed by atoms with van der Waals surface area (Å²) in [7, 11) is -3.50. The summed E-state index contributed by atoms with van der Waals surface area (Å²) in [5, 5.41) is 9.68. The van der Waals surface area contributed by atoms with Crippen molar-refractivity contribution >= 4 is 21.0 Å². The van der Waals surface area contributed by atoms with Crippen LogP contribution in [-0.4, -0.2) is 35.3 Å². The number of hydrogen-bond acceptors (Lipinski definition) is 4. The molecule has 0 bridgehead atoms. The van der Waals surface area contributed by atoms with Gasteiger partial charge in [0.15, 0.2) is 4.90 Å². The standard InChI is InChI=1S/C12H16OS.C8H18O3S/c1-9-7-11(8-10(2)12(9)13)14-5-3-4-6-14;1-2-3-4-5-6-7-8-12(9,10)11/h7-8H,3-6H2,1-2H3;2-8H2,1H3,(H,9,10,11). The summed E-state index contributed by atoms with van der Waals surface area (Å²) in [5.74, 6) is 2.98. The molecule has 0 aliphatic carbocycles. The third kappa shape index (κ3) is 9.28. The predicted octanol–water partition coefficient (Wildman–Crippen LogP) is 4.67. The lowest BCUT2D eigenvalue weighted by Gasteiger charge is -2.06. The van der Waals surface area contributed by atoms with Gasteiger partial charge in [-0.2, -0.15) is 0 Å². The monoisotopic (exact) mass is 402 g/mol. The highest BCUT2D eigenvalue weighted by Crippen LogP contribution is 2.29. The van der Waals surface area contributed by atoms with E-state index in [0.717, 1.165) is 30.4 Å². The number of aromatic hydroxyl groups is 1. The van der Waals surface area contributed by atoms with Crippen LogP contribution in [0.2, 0.25) is 0 Å². The number of unbranched alkanes of at least 4 members (excludes halogenated alkanes) is 5. The number of benzene rings is 1. The van der Waals surface area contributed by atoms with Crippen LogP contribution in [0.3, 0.4) is 0 Å². The van der Waals surface area contributed by atoms with Gasteiger partial charge in [0, 0.05) is 16.6 Å². The molecule has 1 saturated heterocycles. The molecule has 1 aromatic carbocycles. The Labute approximate surface area is 162 Å². The molecule has 0 radical (unpaired) electrons. The van der Waals surface area contributed by atoms with Crippen molar-refractivity contribution in [1.29, 1.82) is 0 Å². The molecular formula is C20H34O4S2. The van der Waals surface area contributed by atoms with Gasteiger partial charge in [-0.15, -0.1) is 0 Å². The predicted molar refractivity (Wildman–Crippen MR) is 110 cm³/mol. The second-order valence-electron chi connectivity index (χ2n) is 7.04. The van der Waals surface area contributed by atoms with E-state index in [9.17, 15) is 18.1 Å². The normalized spacial score (nSPS) is 14.9. The van der Waals surface area contributed by atoms with Crippen molar-refractivity contribution in [3.8, 4) is 5.75 Å². The second kappa shape index (κ2) is 11.9. The Balaban J connectivity index is 0.000000265. The molecule has 0 spiro atoms. The minimum atomic E-state index is -3.97. The Morgan fingerprint density at radius 3 is 2.00 bits per heavy atom. The van der Waals surface area contributed by atoms with E-state index in [0.29, 0.717) is 23.1 Å². The van der Waals surface area contributed by atoms with E-state index in [1.165, 1.54) is 42.1 Å². The zero-order valence-corrected chi connectivity index (χ0v) is 18.1. The van der Waals surface area contributed by atoms with E-state index in [4.69, 9.17) is 0 Å². The molecule has 150 valence electrons. The molecule has 1 aliphatic heterocycles. The molecule has 1 N–H and O–H groups in total. The fraction of sp³-hybridized carbons (Fsp3) is 0.700. The van der Waals surface area contributed by atoms with Crippen LogP contribution in [0.1, 0.15) is 69.4 Å². The Kier molecular flexibility index (Phi) is 10.7. The quantitative estimate of drug-likeness (QED) is 0.389. The van der Waals surface area contributed by atoms with E-state index in [1.54, 1.807) is 0 Å². The average Bonchev–Trinajstić information content (AvgIpc) is 3.09. The van der Waals surface area contributed by atoms with Gasteiger partial charge in [0.25, 0.3) is 0 Å². The van der Waals surface area contributed by atoms with Gasteiger partial charge >= 0.3 is 0 Å². The summed E-state index contributed by atoms with van der Waals surface area (Å²) in [6, 6.07) is 4.33. The van der Waals surface area contributed by atoms with Gasteiger partial charge < -0.3 is 9.66 Å². The van der Waals surface area contributed by atoms with Gasteiger partial charge in [0.1, 0.15) is 17.3 Å². The van der Waals surface area contributed by atoms with Crippen molar-refractivity contribution in [3.05, 3.63) is 23.3 Å². The van der Waals surface area contributed by atoms with Crippen LogP contribution in [-0.2, 0) is 21.0 Å². The summed E-state index contributed by atoms with van der Waals surface area (Å²) < 4.78 is 30.5. The summed E-state index contributed by atoms with van der Waals surface area (Å²) in [5.41, 5.74) is 2.05. The third-order valence-electron chi connectivity index (χ3n) is 4.58. The first-order valence-corrected chi connectivity index (χ1v) is 12.8. The van der Waals surface area contributed by atoms with E-state index in [-0.39, 0.29) is 5.75 Å². The van der Waals surface area contributed by atoms with Crippen molar-refractivity contribution in [1.82, 2.24) is 0 Å². The molecule has 0 saturated carbocycles. The van der Waals surface area contributed by atoms with Gasteiger partial charge in [-0.3, -0.25) is 0 Å². The summed E-state index contributed by atoms with van der Waals surface area (Å²) in [4.78, 5) is 1.45. The van der Waals surface area contributed by atoms with Gasteiger partial charge in [0.2, 0.25) is 0 Å². The van der Waals surface area contributed by atoms with Gasteiger partial charge in [0.05, 0.1) is 10.1 Å². The van der Waals surface area contributed by atoms with Crippen LogP contribution in [0.4, 0.5) is 0 Å². The molecule has 2 rings (SSSR count). The lowest BCUT2D eigenvalue weighted by Crippen LogP contribution is -2.04. The Bertz CT molecular complexity index is 612. The maximum absolute atomic E-state index is 10.2. The van der Waals surface area contributed by atoms with Crippen LogP contribution in [0.25, 0.3) is 0 Å². The van der Waals surface area contributed by atoms with Crippen molar-refractivity contribution < 1.29 is 18.1 Å². The number of phenols is 1. The molecule has 1 aliphatic rings. The van der Waals surface area contributed by atoms with E-state index < -0.39 is 10.1 Å². The van der Waals surface area contributed by atoms with E-state index in [1.807, 2.05) is 13.8 Å². The maximum Gasteiger partial charge on any atom is 0.155 e. The fourth-order valence-electron chi connectivity index (χ4n) is 3.03. The number of hydrogen-bond donors (Lipinski definition) is 1. The fourth-order valence-corrected chi connectivity index (χ4v) is 6.06. The third-order valence-corrected chi connectivity index (χ3v) is 7.83. The first-order chi connectivity index (χ1) is 12.2. The average molecular weight is 403 g/mol. The first-order valence-electron chi connectivity index (χ1n) is 9.66. The number of phenolic OH excluding ortho intramolecular Hbond substituents is 1. The minimum Gasteiger partial charge on any atom is -0.748 e. The van der Waals surface area contributed by atoms with Crippen molar-refractivity contribution in [2.24, 2.45) is 0 Å². The molecule has 26 heavy (non-hydrogen) atoms. The SMILES string of the molecule is CCCCCCCCS(=O)(=O)[O-].Cc1cc([S+]2CCCC2)cc(C)c1O. The molecule has 6 heteroatoms. The molecular weight excluding hydrogens is 368 g/mol. The topological polar surface area (TPSA) is 77.4 Å². The summed E-state index contributed by atoms with van der Waals surface area (Å²) in [6.45, 7) is 6.11. The van der Waals surface area contributed by atoms with Crippen LogP contribution in [0.15, 0.2) is 17.0 Å². The van der Waals surface area contributed by atoms with E-state index >= 15 is 0 Å². The van der Waals surface area contributed by atoms with Gasteiger partial charge in [-0.25, -0.2) is 8.42 Å². The molecule has 0 amide bonds. The molecule has 0 aromatic heterocycles. The second-order valence-corrected chi connectivity index (χ2v) is 10.8. The van der Waals surface area contributed by atoms with Crippen LogP contribution >= 0.6 is 0 Å². The van der Waals surface area contributed by atoms with Crippen LogP contribution in [0.5, 0.6) is 5.75 Å². The summed E-state index contributed by atoms with van der Waals surface area (Å²) >= 11 is 0. The zero-order valence-electron chi connectivity index (χ0n) is 16.4. The summed E-state index contributed by atoms with van der Waals surface area (Å²) in [6.07, 6.45) is 8.71. The zero-order chi connectivity index (χ0) is 19.6. The Morgan fingerprint density at radius 2 is 1.50 bits per heavy atom. The molecule has 1 fully saturated rings. The molecule has 1 aromatic rings. The largest absolute Gasteiger partial charge is 0.748 e. The molecule has 1 heterocycles. The maximum atomic E-state index is 10.2. The van der Waals surface area contributed by atoms with Crippen molar-refractivity contribution in [2.75, 3.05) is 17.3 Å². The molecule has 0 unspecified atom stereocenters. The highest BCUT2D eigenvalue weighted by atomic mass is 32.2. The van der Waals surface area contributed by atoms with Gasteiger partial charge in [-0.1, -0.05) is 39.0 Å². The van der Waals surface area contributed by atoms with Gasteiger partial charge in [-0.05, 0) is 56.4 Å².